The molecule has 2 aromatic heterocycles. The van der Waals surface area contributed by atoms with Gasteiger partial charge in [0.05, 0.1) is 34.4 Å². The lowest BCUT2D eigenvalue weighted by molar-refractivity contribution is -0.133. The molecule has 1 unspecified atom stereocenters. The molecule has 0 radical (unpaired) electrons. The van der Waals surface area contributed by atoms with Crippen LogP contribution in [0.25, 0.3) is 11.2 Å². The minimum Gasteiger partial charge on any atom is -0.341 e. The number of fused-ring (bicyclic) bond motifs is 1. The normalized spacial score (nSPS) is 20.7. The molecule has 9 nitrogen and oxygen atoms in total. The molecule has 1 fully saturated rings. The van der Waals surface area contributed by atoms with E-state index in [9.17, 15) is 14.4 Å². The second-order valence-corrected chi connectivity index (χ2v) is 10.3. The molecule has 0 aliphatic carbocycles. The Bertz CT molecular complexity index is 1650. The number of hydrogen-bond acceptors (Lipinski definition) is 6. The third kappa shape index (κ3) is 3.42. The Morgan fingerprint density at radius 3 is 2.71 bits per heavy atom. The van der Waals surface area contributed by atoms with Crippen LogP contribution in [0.15, 0.2) is 65.7 Å². The largest absolute Gasteiger partial charge is 0.341 e. The summed E-state index contributed by atoms with van der Waals surface area (Å²) in [5, 5.41) is 2.91. The Balaban J connectivity index is 1.38. The van der Waals surface area contributed by atoms with Crippen LogP contribution in [-0.2, 0) is 20.8 Å². The minimum atomic E-state index is -0.538. The summed E-state index contributed by atoms with van der Waals surface area (Å²) in [7, 11) is 0. The molecular formula is C28H23ClN6O3. The first-order chi connectivity index (χ1) is 18.5. The van der Waals surface area contributed by atoms with Crippen molar-refractivity contribution in [2.75, 3.05) is 18.0 Å². The number of nitrogens with one attached hydrogen (secondary N) is 1. The maximum absolute atomic E-state index is 13.6. The quantitative estimate of drug-likeness (QED) is 0.529. The van der Waals surface area contributed by atoms with E-state index in [-0.39, 0.29) is 17.1 Å². The molecule has 1 N–H and O–H groups in total. The van der Waals surface area contributed by atoms with Crippen molar-refractivity contribution in [3.63, 3.8) is 0 Å². The van der Waals surface area contributed by atoms with Gasteiger partial charge in [-0.15, -0.1) is 0 Å². The molecule has 38 heavy (non-hydrogen) atoms. The van der Waals surface area contributed by atoms with E-state index >= 15 is 0 Å². The number of piperidine rings is 1. The molecule has 190 valence electrons. The Kier molecular flexibility index (Phi) is 5.23. The molecule has 0 bridgehead atoms. The number of amides is 3. The maximum atomic E-state index is 13.6. The van der Waals surface area contributed by atoms with Gasteiger partial charge in [0.25, 0.3) is 11.8 Å². The van der Waals surface area contributed by atoms with Gasteiger partial charge in [-0.1, -0.05) is 17.7 Å². The lowest BCUT2D eigenvalue weighted by Crippen LogP contribution is -2.47. The number of halogens is 1. The third-order valence-electron chi connectivity index (χ3n) is 7.64. The summed E-state index contributed by atoms with van der Waals surface area (Å²) in [5.74, 6) is -0.972. The zero-order valence-electron chi connectivity index (χ0n) is 20.4. The number of hydrogen-bond donors (Lipinski definition) is 1. The second-order valence-electron chi connectivity index (χ2n) is 9.86. The molecule has 0 saturated carbocycles. The van der Waals surface area contributed by atoms with Gasteiger partial charge in [0.1, 0.15) is 11.7 Å². The average molecular weight is 527 g/mol. The highest BCUT2D eigenvalue weighted by Gasteiger charge is 2.42. The number of carbonyl (C=O) groups is 3. The number of nitrogens with zero attached hydrogens (tertiary/aromatic N) is 5. The summed E-state index contributed by atoms with van der Waals surface area (Å²) >= 11 is 6.57. The van der Waals surface area contributed by atoms with Crippen molar-refractivity contribution in [3.8, 4) is 0 Å². The van der Waals surface area contributed by atoms with Crippen molar-refractivity contribution in [1.29, 1.82) is 0 Å². The van der Waals surface area contributed by atoms with Crippen LogP contribution in [0, 0.1) is 0 Å². The maximum Gasteiger partial charge on any atom is 0.261 e. The van der Waals surface area contributed by atoms with Gasteiger partial charge in [-0.2, -0.15) is 0 Å². The number of imidazole rings is 1. The zero-order chi connectivity index (χ0) is 26.0. The second kappa shape index (κ2) is 8.66. The molecular weight excluding hydrogens is 504 g/mol. The first-order valence-electron chi connectivity index (χ1n) is 12.7. The van der Waals surface area contributed by atoms with Crippen molar-refractivity contribution < 1.29 is 14.4 Å². The summed E-state index contributed by atoms with van der Waals surface area (Å²) < 4.78 is 1.77. The van der Waals surface area contributed by atoms with Gasteiger partial charge in [0.15, 0.2) is 0 Å². The number of carbonyl (C=O) groups excluding carboxylic acids is 3. The van der Waals surface area contributed by atoms with Gasteiger partial charge in [-0.05, 0) is 49.1 Å². The van der Waals surface area contributed by atoms with E-state index in [0.717, 1.165) is 43.6 Å². The summed E-state index contributed by atoms with van der Waals surface area (Å²) in [6.07, 6.45) is 10.4. The van der Waals surface area contributed by atoms with Crippen molar-refractivity contribution >= 4 is 51.9 Å². The number of benzene rings is 1. The predicted octanol–water partition coefficient (Wildman–Crippen LogP) is 3.12. The predicted molar refractivity (Wildman–Crippen MR) is 143 cm³/mol. The van der Waals surface area contributed by atoms with E-state index in [1.807, 2.05) is 34.1 Å². The Morgan fingerprint density at radius 1 is 1.05 bits per heavy atom. The van der Waals surface area contributed by atoms with Gasteiger partial charge in [0.2, 0.25) is 5.91 Å². The van der Waals surface area contributed by atoms with Crippen LogP contribution in [0.1, 0.15) is 36.1 Å². The number of imide groups is 1. The van der Waals surface area contributed by atoms with Gasteiger partial charge >= 0.3 is 0 Å². The van der Waals surface area contributed by atoms with Crippen molar-refractivity contribution in [3.05, 3.63) is 82.5 Å². The average Bonchev–Trinajstić information content (AvgIpc) is 3.55. The van der Waals surface area contributed by atoms with E-state index < -0.39 is 17.9 Å². The smallest absolute Gasteiger partial charge is 0.261 e. The topological polar surface area (TPSA) is 99.4 Å². The van der Waals surface area contributed by atoms with Crippen LogP contribution >= 0.6 is 11.6 Å². The van der Waals surface area contributed by atoms with Gasteiger partial charge < -0.3 is 9.80 Å². The fourth-order valence-corrected chi connectivity index (χ4v) is 6.20. The lowest BCUT2D eigenvalue weighted by Gasteiger charge is -2.32. The molecule has 0 spiro atoms. The van der Waals surface area contributed by atoms with Crippen LogP contribution < -0.4 is 10.2 Å². The number of aromatic nitrogens is 2. The Hall–Kier alpha value is -4.24. The number of anilines is 1. The monoisotopic (exact) mass is 526 g/mol. The molecule has 3 amide bonds. The third-order valence-corrected chi connectivity index (χ3v) is 7.86. The molecule has 1 saturated heterocycles. The van der Waals surface area contributed by atoms with Gasteiger partial charge in [0, 0.05) is 48.7 Å². The van der Waals surface area contributed by atoms with E-state index in [4.69, 9.17) is 11.6 Å². The van der Waals surface area contributed by atoms with Crippen molar-refractivity contribution in [2.24, 2.45) is 4.99 Å². The van der Waals surface area contributed by atoms with Crippen LogP contribution in [0.5, 0.6) is 0 Å². The van der Waals surface area contributed by atoms with Crippen LogP contribution in [0.4, 0.5) is 5.69 Å². The van der Waals surface area contributed by atoms with Crippen molar-refractivity contribution in [2.45, 2.75) is 31.7 Å². The SMILES string of the molecule is O=C1NC(=O)C(c2cnc3ccccn23)=C1C1=NC=CN2c3c(cc(Cl)cc31)CC2C(=O)N1CCCCC1. The molecule has 4 aliphatic rings. The van der Waals surface area contributed by atoms with E-state index in [2.05, 4.69) is 15.3 Å². The molecule has 3 aromatic rings. The Labute approximate surface area is 223 Å². The van der Waals surface area contributed by atoms with Crippen LogP contribution in [0.2, 0.25) is 5.02 Å². The highest BCUT2D eigenvalue weighted by molar-refractivity contribution is 6.48. The van der Waals surface area contributed by atoms with E-state index in [0.29, 0.717) is 34.1 Å². The summed E-state index contributed by atoms with van der Waals surface area (Å²) in [6, 6.07) is 8.71. The minimum absolute atomic E-state index is 0.0792. The number of likely N-dealkylation sites (tertiary alicyclic amines) is 1. The van der Waals surface area contributed by atoms with Crippen LogP contribution in [-0.4, -0.2) is 56.8 Å². The fourth-order valence-electron chi connectivity index (χ4n) is 5.96. The number of rotatable bonds is 3. The molecule has 4 aliphatic heterocycles. The van der Waals surface area contributed by atoms with E-state index in [1.54, 1.807) is 35.3 Å². The summed E-state index contributed by atoms with van der Waals surface area (Å²) in [6.45, 7) is 1.52. The summed E-state index contributed by atoms with van der Waals surface area (Å²) in [5.41, 5.74) is 4.12. The highest BCUT2D eigenvalue weighted by Crippen LogP contribution is 2.42. The molecule has 1 aromatic carbocycles. The standard InChI is InChI=1S/C28H23ClN6O3/c29-17-12-16-13-19(28(38)33-8-3-1-4-9-33)35-11-7-30-24(18(14-17)25(16)35)23-22(26(36)32-27(23)37)20-15-31-21-6-2-5-10-34(20)21/h2,5-7,10-12,14-15,19H,1,3-4,8-9,13H2,(H,32,36,37). The zero-order valence-corrected chi connectivity index (χ0v) is 21.1. The Morgan fingerprint density at radius 2 is 1.87 bits per heavy atom. The molecule has 7 rings (SSSR count). The first-order valence-corrected chi connectivity index (χ1v) is 13.1. The highest BCUT2D eigenvalue weighted by atomic mass is 35.5. The first kappa shape index (κ1) is 22.9. The lowest BCUT2D eigenvalue weighted by atomic mass is 9.94. The van der Waals surface area contributed by atoms with Gasteiger partial charge in [-0.3, -0.25) is 29.1 Å². The number of aliphatic imine (C=N–C) groups is 1. The van der Waals surface area contributed by atoms with E-state index in [1.165, 1.54) is 0 Å². The molecule has 1 atom stereocenters. The van der Waals surface area contributed by atoms with Crippen molar-refractivity contribution in [1.82, 2.24) is 19.6 Å². The molecule has 6 heterocycles. The molecule has 10 heteroatoms. The summed E-state index contributed by atoms with van der Waals surface area (Å²) in [4.78, 5) is 52.9. The fraction of sp³-hybridized carbons (Fsp3) is 0.250. The van der Waals surface area contributed by atoms with Crippen LogP contribution in [0.3, 0.4) is 0 Å². The van der Waals surface area contributed by atoms with Gasteiger partial charge in [-0.25, -0.2) is 4.98 Å². The number of pyridine rings is 1.